The zero-order valence-corrected chi connectivity index (χ0v) is 17.8. The van der Waals surface area contributed by atoms with Crippen LogP contribution in [-0.2, 0) is 6.54 Å². The van der Waals surface area contributed by atoms with Crippen LogP contribution >= 0.6 is 24.0 Å². The first-order chi connectivity index (χ1) is 13.2. The Morgan fingerprint density at radius 1 is 1.00 bits per heavy atom. The van der Waals surface area contributed by atoms with Crippen LogP contribution in [0.1, 0.15) is 5.56 Å². The number of nitrogens with zero attached hydrogens (tertiary/aromatic N) is 4. The summed E-state index contributed by atoms with van der Waals surface area (Å²) in [5.41, 5.74) is 9.31. The van der Waals surface area contributed by atoms with Crippen LogP contribution in [0.2, 0.25) is 0 Å². The number of pyridine rings is 1. The van der Waals surface area contributed by atoms with Gasteiger partial charge in [-0.3, -0.25) is 4.98 Å². The highest BCUT2D eigenvalue weighted by Gasteiger charge is 2.18. The highest BCUT2D eigenvalue weighted by atomic mass is 127. The predicted molar refractivity (Wildman–Crippen MR) is 123 cm³/mol. The van der Waals surface area contributed by atoms with Gasteiger partial charge >= 0.3 is 0 Å². The number of para-hydroxylation sites is 1. The summed E-state index contributed by atoms with van der Waals surface area (Å²) in [4.78, 5) is 13.4. The molecule has 1 aliphatic heterocycles. The van der Waals surface area contributed by atoms with E-state index in [1.165, 1.54) is 12.1 Å². The summed E-state index contributed by atoms with van der Waals surface area (Å²) in [6, 6.07) is 16.7. The van der Waals surface area contributed by atoms with E-state index < -0.39 is 0 Å². The molecule has 0 atom stereocenters. The van der Waals surface area contributed by atoms with Crippen molar-refractivity contribution in [1.29, 1.82) is 0 Å². The molecule has 0 spiro atoms. The van der Waals surface area contributed by atoms with Crippen molar-refractivity contribution >= 4 is 46.5 Å². The van der Waals surface area contributed by atoms with Gasteiger partial charge in [0.1, 0.15) is 5.82 Å². The lowest BCUT2D eigenvalue weighted by molar-refractivity contribution is 0.380. The second-order valence-electron chi connectivity index (χ2n) is 6.62. The van der Waals surface area contributed by atoms with Crippen LogP contribution in [0, 0.1) is 5.82 Å². The third-order valence-corrected chi connectivity index (χ3v) is 4.92. The van der Waals surface area contributed by atoms with Gasteiger partial charge in [-0.2, -0.15) is 0 Å². The van der Waals surface area contributed by atoms with Gasteiger partial charge in [-0.05, 0) is 35.9 Å². The minimum Gasteiger partial charge on any atom is -0.370 e. The van der Waals surface area contributed by atoms with E-state index in [-0.39, 0.29) is 29.8 Å². The minimum atomic E-state index is -0.211. The van der Waals surface area contributed by atoms with Gasteiger partial charge < -0.3 is 15.5 Å². The molecule has 0 radical (unpaired) electrons. The summed E-state index contributed by atoms with van der Waals surface area (Å²) >= 11 is 0. The number of aliphatic imine (C=N–C) groups is 1. The molecule has 146 valence electrons. The lowest BCUT2D eigenvalue weighted by Gasteiger charge is -2.36. The summed E-state index contributed by atoms with van der Waals surface area (Å²) < 4.78 is 13.1. The summed E-state index contributed by atoms with van der Waals surface area (Å²) in [5.74, 6) is 0.346. The lowest BCUT2D eigenvalue weighted by atomic mass is 10.1. The van der Waals surface area contributed by atoms with Crippen LogP contribution in [0.5, 0.6) is 0 Å². The van der Waals surface area contributed by atoms with E-state index in [0.29, 0.717) is 12.5 Å². The molecule has 7 heteroatoms. The molecule has 0 unspecified atom stereocenters. The van der Waals surface area contributed by atoms with Crippen LogP contribution in [0.15, 0.2) is 65.8 Å². The van der Waals surface area contributed by atoms with E-state index in [4.69, 9.17) is 5.73 Å². The Balaban J connectivity index is 0.00000225. The van der Waals surface area contributed by atoms with Crippen LogP contribution in [0.4, 0.5) is 10.1 Å². The number of anilines is 1. The van der Waals surface area contributed by atoms with Gasteiger partial charge in [-0.25, -0.2) is 9.38 Å². The number of aromatic nitrogens is 1. The molecule has 4 rings (SSSR count). The largest absolute Gasteiger partial charge is 0.370 e. The van der Waals surface area contributed by atoms with Crippen molar-refractivity contribution in [3.63, 3.8) is 0 Å². The fourth-order valence-electron chi connectivity index (χ4n) is 3.41. The SMILES string of the molecule is I.NC(=NCc1cccc2cccnc12)N1CCN(c2ccc(F)cc2)CC1. The van der Waals surface area contributed by atoms with E-state index >= 15 is 0 Å². The summed E-state index contributed by atoms with van der Waals surface area (Å²) in [6.07, 6.45) is 1.80. The van der Waals surface area contributed by atoms with Crippen molar-refractivity contribution in [2.75, 3.05) is 31.1 Å². The molecule has 1 aromatic heterocycles. The Kier molecular flexibility index (Phi) is 6.66. The third kappa shape index (κ3) is 4.52. The van der Waals surface area contributed by atoms with Gasteiger partial charge in [0.25, 0.3) is 0 Å². The van der Waals surface area contributed by atoms with Crippen molar-refractivity contribution in [3.05, 3.63) is 72.2 Å². The molecule has 2 heterocycles. The Bertz CT molecular complexity index is 947. The van der Waals surface area contributed by atoms with Crippen LogP contribution in [0.25, 0.3) is 10.9 Å². The number of piperazine rings is 1. The zero-order chi connectivity index (χ0) is 18.6. The molecule has 1 saturated heterocycles. The molecule has 0 amide bonds. The minimum absolute atomic E-state index is 0. The van der Waals surface area contributed by atoms with E-state index in [1.807, 2.05) is 42.5 Å². The van der Waals surface area contributed by atoms with E-state index in [9.17, 15) is 4.39 Å². The maximum atomic E-state index is 13.1. The van der Waals surface area contributed by atoms with Gasteiger partial charge in [-0.1, -0.05) is 24.3 Å². The Morgan fingerprint density at radius 3 is 2.46 bits per heavy atom. The average Bonchev–Trinajstić information content (AvgIpc) is 2.72. The molecule has 1 fully saturated rings. The molecular weight excluding hydrogens is 468 g/mol. The standard InChI is InChI=1S/C21H22FN5.HI/c22-18-6-8-19(9-7-18)26-11-13-27(14-12-26)21(23)25-15-17-4-1-3-16-5-2-10-24-20(16)17;/h1-10H,11-15H2,(H2,23,25);1H. The molecule has 2 aromatic carbocycles. The fraction of sp³-hybridized carbons (Fsp3) is 0.238. The lowest BCUT2D eigenvalue weighted by Crippen LogP contribution is -2.51. The highest BCUT2D eigenvalue weighted by Crippen LogP contribution is 2.18. The van der Waals surface area contributed by atoms with Crippen LogP contribution in [0.3, 0.4) is 0 Å². The first-order valence-electron chi connectivity index (χ1n) is 9.09. The first-order valence-corrected chi connectivity index (χ1v) is 9.09. The molecule has 5 nitrogen and oxygen atoms in total. The Hall–Kier alpha value is -2.42. The van der Waals surface area contributed by atoms with Gasteiger partial charge in [0.05, 0.1) is 12.1 Å². The van der Waals surface area contributed by atoms with E-state index in [0.717, 1.165) is 48.3 Å². The Labute approximate surface area is 181 Å². The number of rotatable bonds is 3. The van der Waals surface area contributed by atoms with Gasteiger partial charge in [0.2, 0.25) is 0 Å². The van der Waals surface area contributed by atoms with Crippen molar-refractivity contribution in [2.24, 2.45) is 10.7 Å². The van der Waals surface area contributed by atoms with Gasteiger partial charge in [-0.15, -0.1) is 24.0 Å². The highest BCUT2D eigenvalue weighted by molar-refractivity contribution is 14.0. The van der Waals surface area contributed by atoms with Crippen LogP contribution in [-0.4, -0.2) is 42.0 Å². The summed E-state index contributed by atoms with van der Waals surface area (Å²) in [7, 11) is 0. The topological polar surface area (TPSA) is 57.8 Å². The quantitative estimate of drug-likeness (QED) is 0.346. The monoisotopic (exact) mass is 491 g/mol. The normalized spacial score (nSPS) is 14.8. The molecule has 2 N–H and O–H groups in total. The number of hydrogen-bond acceptors (Lipinski definition) is 3. The maximum absolute atomic E-state index is 13.1. The molecule has 28 heavy (non-hydrogen) atoms. The number of fused-ring (bicyclic) bond motifs is 1. The van der Waals surface area contributed by atoms with Crippen molar-refractivity contribution in [1.82, 2.24) is 9.88 Å². The van der Waals surface area contributed by atoms with E-state index in [1.54, 1.807) is 6.20 Å². The molecule has 0 aliphatic carbocycles. The third-order valence-electron chi connectivity index (χ3n) is 4.92. The molecule has 3 aromatic rings. The smallest absolute Gasteiger partial charge is 0.191 e. The molecular formula is C21H23FIN5. The van der Waals surface area contributed by atoms with Crippen LogP contribution < -0.4 is 10.6 Å². The zero-order valence-electron chi connectivity index (χ0n) is 15.5. The molecule has 0 bridgehead atoms. The molecule has 0 saturated carbocycles. The number of halogens is 2. The predicted octanol–water partition coefficient (Wildman–Crippen LogP) is 3.63. The fourth-order valence-corrected chi connectivity index (χ4v) is 3.41. The second kappa shape index (κ2) is 9.18. The first kappa shape index (κ1) is 20.3. The Morgan fingerprint density at radius 2 is 1.71 bits per heavy atom. The maximum Gasteiger partial charge on any atom is 0.191 e. The van der Waals surface area contributed by atoms with Gasteiger partial charge in [0.15, 0.2) is 5.96 Å². The van der Waals surface area contributed by atoms with Crippen molar-refractivity contribution in [2.45, 2.75) is 6.54 Å². The summed E-state index contributed by atoms with van der Waals surface area (Å²) in [6.45, 7) is 3.76. The van der Waals surface area contributed by atoms with Gasteiger partial charge in [0, 0.05) is 43.4 Å². The van der Waals surface area contributed by atoms with Crippen molar-refractivity contribution < 1.29 is 4.39 Å². The van der Waals surface area contributed by atoms with E-state index in [2.05, 4.69) is 19.8 Å². The molecule has 1 aliphatic rings. The average molecular weight is 491 g/mol. The number of guanidine groups is 1. The number of hydrogen-bond donors (Lipinski definition) is 1. The second-order valence-corrected chi connectivity index (χ2v) is 6.62. The number of nitrogens with two attached hydrogens (primary N) is 1. The summed E-state index contributed by atoms with van der Waals surface area (Å²) in [5, 5.41) is 1.11. The number of benzene rings is 2. The van der Waals surface area contributed by atoms with Crippen molar-refractivity contribution in [3.8, 4) is 0 Å².